The quantitative estimate of drug-likeness (QED) is 0.577. The van der Waals surface area contributed by atoms with E-state index in [4.69, 9.17) is 0 Å². The lowest BCUT2D eigenvalue weighted by Gasteiger charge is -2.29. The molecule has 2 N–H and O–H groups in total. The second-order valence-corrected chi connectivity index (χ2v) is 8.17. The highest BCUT2D eigenvalue weighted by molar-refractivity contribution is 6.01. The Kier molecular flexibility index (Phi) is 7.18. The van der Waals surface area contributed by atoms with Gasteiger partial charge in [-0.15, -0.1) is 0 Å². The normalized spacial score (nSPS) is 14.4. The minimum absolute atomic E-state index is 0.233. The first kappa shape index (κ1) is 21.6. The number of amides is 2. The van der Waals surface area contributed by atoms with Gasteiger partial charge in [-0.2, -0.15) is 0 Å². The highest BCUT2D eigenvalue weighted by Crippen LogP contribution is 2.22. The average Bonchev–Trinajstić information content (AvgIpc) is 2.86. The van der Waals surface area contributed by atoms with Gasteiger partial charge >= 0.3 is 0 Å². The number of nitrogens with one attached hydrogen (secondary N) is 2. The number of carbonyl (C=O) groups is 2. The van der Waals surface area contributed by atoms with Crippen molar-refractivity contribution in [2.45, 2.75) is 31.7 Å². The summed E-state index contributed by atoms with van der Waals surface area (Å²) in [5.74, 6) is -0.494. The Morgan fingerprint density at radius 1 is 0.781 bits per heavy atom. The first-order chi connectivity index (χ1) is 15.7. The van der Waals surface area contributed by atoms with Gasteiger partial charge in [-0.1, -0.05) is 48.5 Å². The van der Waals surface area contributed by atoms with Crippen LogP contribution in [0, 0.1) is 0 Å². The smallest absolute Gasteiger partial charge is 0.251 e. The molecule has 0 radical (unpaired) electrons. The van der Waals surface area contributed by atoms with Crippen molar-refractivity contribution >= 4 is 23.2 Å². The molecule has 2 amide bonds. The summed E-state index contributed by atoms with van der Waals surface area (Å²) in [6.07, 6.45) is 4.15. The van der Waals surface area contributed by atoms with Gasteiger partial charge in [0.1, 0.15) is 6.04 Å². The Balaban J connectivity index is 1.45. The number of anilines is 2. The minimum atomic E-state index is -0.688. The molecular weight excluding hydrogens is 398 g/mol. The van der Waals surface area contributed by atoms with E-state index in [-0.39, 0.29) is 11.8 Å². The van der Waals surface area contributed by atoms with Crippen LogP contribution in [0.3, 0.4) is 0 Å². The van der Waals surface area contributed by atoms with E-state index in [2.05, 4.69) is 27.7 Å². The summed E-state index contributed by atoms with van der Waals surface area (Å²) >= 11 is 0. The lowest BCUT2D eigenvalue weighted by Crippen LogP contribution is -2.45. The van der Waals surface area contributed by atoms with Crippen LogP contribution in [0.15, 0.2) is 84.9 Å². The second kappa shape index (κ2) is 10.6. The molecule has 5 nitrogen and oxygen atoms in total. The van der Waals surface area contributed by atoms with Crippen molar-refractivity contribution in [2.24, 2.45) is 0 Å². The van der Waals surface area contributed by atoms with E-state index in [0.717, 1.165) is 24.3 Å². The molecule has 164 valence electrons. The third-order valence-electron chi connectivity index (χ3n) is 5.80. The third kappa shape index (κ3) is 5.76. The summed E-state index contributed by atoms with van der Waals surface area (Å²) < 4.78 is 0. The van der Waals surface area contributed by atoms with Crippen molar-refractivity contribution in [3.8, 4) is 0 Å². The van der Waals surface area contributed by atoms with Gasteiger partial charge in [0.05, 0.1) is 0 Å². The maximum Gasteiger partial charge on any atom is 0.251 e. The number of piperidine rings is 1. The van der Waals surface area contributed by atoms with E-state index in [1.165, 1.54) is 24.9 Å². The fourth-order valence-corrected chi connectivity index (χ4v) is 4.03. The van der Waals surface area contributed by atoms with Gasteiger partial charge in [-0.05, 0) is 61.2 Å². The highest BCUT2D eigenvalue weighted by Gasteiger charge is 2.22. The van der Waals surface area contributed by atoms with Crippen LogP contribution < -0.4 is 15.5 Å². The van der Waals surface area contributed by atoms with Gasteiger partial charge in [-0.3, -0.25) is 9.59 Å². The predicted molar refractivity (Wildman–Crippen MR) is 129 cm³/mol. The van der Waals surface area contributed by atoms with Crippen LogP contribution in [0.2, 0.25) is 0 Å². The van der Waals surface area contributed by atoms with Crippen LogP contribution in [0.1, 0.15) is 35.2 Å². The van der Waals surface area contributed by atoms with E-state index < -0.39 is 6.04 Å². The zero-order valence-electron chi connectivity index (χ0n) is 18.2. The van der Waals surface area contributed by atoms with Gasteiger partial charge in [0.15, 0.2) is 0 Å². The second-order valence-electron chi connectivity index (χ2n) is 8.17. The first-order valence-electron chi connectivity index (χ1n) is 11.2. The monoisotopic (exact) mass is 427 g/mol. The zero-order chi connectivity index (χ0) is 22.2. The molecule has 1 aliphatic heterocycles. The van der Waals surface area contributed by atoms with Gasteiger partial charge in [0.25, 0.3) is 5.91 Å². The molecule has 0 bridgehead atoms. The Labute approximate surface area is 189 Å². The van der Waals surface area contributed by atoms with Crippen LogP contribution in [0.4, 0.5) is 11.4 Å². The molecule has 0 unspecified atom stereocenters. The summed E-state index contributed by atoms with van der Waals surface area (Å²) in [4.78, 5) is 28.2. The molecule has 1 heterocycles. The fraction of sp³-hybridized carbons (Fsp3) is 0.259. The fourth-order valence-electron chi connectivity index (χ4n) is 4.03. The van der Waals surface area contributed by atoms with E-state index >= 15 is 0 Å². The number of nitrogens with zero attached hydrogens (tertiary/aromatic N) is 1. The molecular formula is C27H29N3O2. The molecule has 1 saturated heterocycles. The average molecular weight is 428 g/mol. The van der Waals surface area contributed by atoms with Crippen molar-refractivity contribution < 1.29 is 9.59 Å². The zero-order valence-corrected chi connectivity index (χ0v) is 18.2. The molecule has 5 heteroatoms. The van der Waals surface area contributed by atoms with Crippen LogP contribution in [0.5, 0.6) is 0 Å². The Morgan fingerprint density at radius 2 is 1.41 bits per heavy atom. The van der Waals surface area contributed by atoms with Gasteiger partial charge in [0.2, 0.25) is 5.91 Å². The Bertz CT molecular complexity index is 1010. The molecule has 0 saturated carbocycles. The maximum absolute atomic E-state index is 13.1. The standard InChI is InChI=1S/C27H29N3O2/c31-26(22-12-6-2-7-13-22)29-25(20-21-10-4-1-5-11-21)27(32)28-23-14-16-24(17-15-23)30-18-8-3-9-19-30/h1-2,4-7,10-17,25H,3,8-9,18-20H2,(H,28,32)(H,29,31)/t25-/m0/s1. The molecule has 3 aromatic rings. The van der Waals surface area contributed by atoms with Crippen molar-refractivity contribution in [3.05, 3.63) is 96.1 Å². The van der Waals surface area contributed by atoms with Gasteiger partial charge in [-0.25, -0.2) is 0 Å². The van der Waals surface area contributed by atoms with Crippen molar-refractivity contribution in [3.63, 3.8) is 0 Å². The summed E-state index contributed by atoms with van der Waals surface area (Å²) in [7, 11) is 0. The van der Waals surface area contributed by atoms with Gasteiger partial charge < -0.3 is 15.5 Å². The Morgan fingerprint density at radius 3 is 2.06 bits per heavy atom. The molecule has 0 aliphatic carbocycles. The summed E-state index contributed by atoms with van der Waals surface area (Å²) in [6.45, 7) is 2.16. The van der Waals surface area contributed by atoms with Crippen LogP contribution in [0.25, 0.3) is 0 Å². The molecule has 4 rings (SSSR count). The van der Waals surface area contributed by atoms with Crippen LogP contribution in [-0.2, 0) is 11.2 Å². The summed E-state index contributed by atoms with van der Waals surface area (Å²) in [5, 5.41) is 5.88. The lowest BCUT2D eigenvalue weighted by molar-refractivity contribution is -0.118. The largest absolute Gasteiger partial charge is 0.372 e. The molecule has 3 aromatic carbocycles. The SMILES string of the molecule is O=C(N[C@@H](Cc1ccccc1)C(=O)Nc1ccc(N2CCCCC2)cc1)c1ccccc1. The number of carbonyl (C=O) groups excluding carboxylic acids is 2. The maximum atomic E-state index is 13.1. The lowest BCUT2D eigenvalue weighted by atomic mass is 10.0. The Hall–Kier alpha value is -3.60. The molecule has 0 spiro atoms. The van der Waals surface area contributed by atoms with Crippen molar-refractivity contribution in [2.75, 3.05) is 23.3 Å². The van der Waals surface area contributed by atoms with E-state index in [1.807, 2.05) is 60.7 Å². The third-order valence-corrected chi connectivity index (χ3v) is 5.80. The number of benzene rings is 3. The number of rotatable bonds is 7. The van der Waals surface area contributed by atoms with Crippen molar-refractivity contribution in [1.82, 2.24) is 5.32 Å². The number of hydrogen-bond acceptors (Lipinski definition) is 3. The van der Waals surface area contributed by atoms with E-state index in [0.29, 0.717) is 12.0 Å². The van der Waals surface area contributed by atoms with Crippen LogP contribution in [-0.4, -0.2) is 30.9 Å². The summed E-state index contributed by atoms with van der Waals surface area (Å²) in [5.41, 5.74) is 3.43. The molecule has 1 atom stereocenters. The molecule has 1 aliphatic rings. The van der Waals surface area contributed by atoms with Gasteiger partial charge in [0, 0.05) is 36.4 Å². The first-order valence-corrected chi connectivity index (χ1v) is 11.2. The van der Waals surface area contributed by atoms with Crippen LogP contribution >= 0.6 is 0 Å². The van der Waals surface area contributed by atoms with Crippen molar-refractivity contribution in [1.29, 1.82) is 0 Å². The predicted octanol–water partition coefficient (Wildman–Crippen LogP) is 4.66. The van der Waals surface area contributed by atoms with E-state index in [9.17, 15) is 9.59 Å². The number of hydrogen-bond donors (Lipinski definition) is 2. The highest BCUT2D eigenvalue weighted by atomic mass is 16.2. The van der Waals surface area contributed by atoms with E-state index in [1.54, 1.807) is 12.1 Å². The molecule has 32 heavy (non-hydrogen) atoms. The summed E-state index contributed by atoms with van der Waals surface area (Å²) in [6, 6.07) is 26.0. The molecule has 1 fully saturated rings. The topological polar surface area (TPSA) is 61.4 Å². The molecule has 0 aromatic heterocycles. The minimum Gasteiger partial charge on any atom is -0.372 e.